The average molecular weight is 407 g/mol. The lowest BCUT2D eigenvalue weighted by molar-refractivity contribution is 0.0954. The summed E-state index contributed by atoms with van der Waals surface area (Å²) in [5, 5.41) is 19.0. The molecule has 3 aromatic rings. The molecule has 0 unspecified atom stereocenters. The molecule has 11 heteroatoms. The van der Waals surface area contributed by atoms with Crippen LogP contribution in [0.25, 0.3) is 5.69 Å². The van der Waals surface area contributed by atoms with Crippen LogP contribution in [0.4, 0.5) is 0 Å². The third kappa shape index (κ3) is 4.67. The molecule has 1 amide bonds. The summed E-state index contributed by atoms with van der Waals surface area (Å²) >= 11 is 6.12. The van der Waals surface area contributed by atoms with Gasteiger partial charge in [-0.25, -0.2) is 18.2 Å². The number of carbonyl (C=O) groups excluding carboxylic acids is 1. The fourth-order valence-corrected chi connectivity index (χ4v) is 3.09. The number of hydrogen-bond acceptors (Lipinski definition) is 6. The Morgan fingerprint density at radius 3 is 2.56 bits per heavy atom. The van der Waals surface area contributed by atoms with Gasteiger partial charge >= 0.3 is 0 Å². The first-order valence-electron chi connectivity index (χ1n) is 7.77. The molecule has 0 fully saturated rings. The molecule has 0 spiro atoms. The van der Waals surface area contributed by atoms with E-state index < -0.39 is 10.0 Å². The van der Waals surface area contributed by atoms with Crippen LogP contribution in [0.3, 0.4) is 0 Å². The summed E-state index contributed by atoms with van der Waals surface area (Å²) in [6.07, 6.45) is 1.93. The smallest absolute Gasteiger partial charge is 0.252 e. The fraction of sp³-hybridized carbons (Fsp3) is 0.125. The number of halogens is 1. The highest BCUT2D eigenvalue weighted by molar-refractivity contribution is 7.89. The van der Waals surface area contributed by atoms with E-state index in [-0.39, 0.29) is 10.8 Å². The van der Waals surface area contributed by atoms with Gasteiger partial charge in [0.25, 0.3) is 5.91 Å². The number of benzene rings is 2. The number of aromatic nitrogens is 4. The van der Waals surface area contributed by atoms with Crippen molar-refractivity contribution in [2.45, 2.75) is 11.3 Å². The summed E-state index contributed by atoms with van der Waals surface area (Å²) in [7, 11) is -3.72. The van der Waals surface area contributed by atoms with E-state index >= 15 is 0 Å². The molecule has 1 heterocycles. The number of rotatable bonds is 6. The van der Waals surface area contributed by atoms with Gasteiger partial charge in [0.1, 0.15) is 6.33 Å². The topological polar surface area (TPSA) is 133 Å². The van der Waals surface area contributed by atoms with Crippen LogP contribution in [-0.2, 0) is 16.4 Å². The van der Waals surface area contributed by atoms with E-state index in [1.165, 1.54) is 23.1 Å². The van der Waals surface area contributed by atoms with Crippen molar-refractivity contribution in [3.63, 3.8) is 0 Å². The summed E-state index contributed by atoms with van der Waals surface area (Å²) in [6.45, 7) is 0.346. The molecule has 27 heavy (non-hydrogen) atoms. The largest absolute Gasteiger partial charge is 0.352 e. The highest BCUT2D eigenvalue weighted by Gasteiger charge is 2.12. The van der Waals surface area contributed by atoms with Gasteiger partial charge in [-0.05, 0) is 52.7 Å². The van der Waals surface area contributed by atoms with Crippen LogP contribution in [0.1, 0.15) is 15.9 Å². The van der Waals surface area contributed by atoms with E-state index in [0.717, 1.165) is 5.56 Å². The molecule has 9 nitrogen and oxygen atoms in total. The maximum atomic E-state index is 12.4. The zero-order valence-corrected chi connectivity index (χ0v) is 15.5. The molecule has 1 aromatic heterocycles. The first-order valence-corrected chi connectivity index (χ1v) is 9.70. The Balaban J connectivity index is 1.63. The predicted octanol–water partition coefficient (Wildman–Crippen LogP) is 0.936. The molecule has 3 N–H and O–H groups in total. The molecule has 3 rings (SSSR count). The number of nitrogens with two attached hydrogens (primary N) is 1. The van der Waals surface area contributed by atoms with E-state index in [9.17, 15) is 13.2 Å². The Hall–Kier alpha value is -2.82. The molecule has 0 atom stereocenters. The lowest BCUT2D eigenvalue weighted by Gasteiger charge is -2.09. The van der Waals surface area contributed by atoms with Crippen LogP contribution in [0.15, 0.2) is 53.7 Å². The van der Waals surface area contributed by atoms with E-state index in [0.29, 0.717) is 29.2 Å². The lowest BCUT2D eigenvalue weighted by Crippen LogP contribution is -2.26. The Morgan fingerprint density at radius 2 is 1.93 bits per heavy atom. The Bertz CT molecular complexity index is 1050. The fourth-order valence-electron chi connectivity index (χ4n) is 2.37. The third-order valence-electron chi connectivity index (χ3n) is 3.76. The van der Waals surface area contributed by atoms with Gasteiger partial charge in [-0.3, -0.25) is 4.79 Å². The first kappa shape index (κ1) is 19.0. The van der Waals surface area contributed by atoms with Crippen molar-refractivity contribution in [2.24, 2.45) is 5.14 Å². The number of carbonyl (C=O) groups is 1. The molecule has 0 saturated heterocycles. The van der Waals surface area contributed by atoms with Gasteiger partial charge in [0.2, 0.25) is 10.0 Å². The predicted molar refractivity (Wildman–Crippen MR) is 98.0 cm³/mol. The summed E-state index contributed by atoms with van der Waals surface area (Å²) < 4.78 is 23.9. The maximum Gasteiger partial charge on any atom is 0.252 e. The molecule has 0 aliphatic rings. The second-order valence-electron chi connectivity index (χ2n) is 5.61. The quantitative estimate of drug-likeness (QED) is 0.625. The van der Waals surface area contributed by atoms with Crippen LogP contribution >= 0.6 is 11.6 Å². The van der Waals surface area contributed by atoms with Crippen molar-refractivity contribution in [2.75, 3.05) is 6.54 Å². The van der Waals surface area contributed by atoms with Crippen molar-refractivity contribution in [1.29, 1.82) is 0 Å². The third-order valence-corrected chi connectivity index (χ3v) is 5.02. The number of amides is 1. The molecule has 0 aliphatic carbocycles. The number of nitrogens with one attached hydrogen (secondary N) is 1. The van der Waals surface area contributed by atoms with Crippen molar-refractivity contribution in [1.82, 2.24) is 25.5 Å². The molecule has 2 aromatic carbocycles. The van der Waals surface area contributed by atoms with Crippen molar-refractivity contribution >= 4 is 27.5 Å². The van der Waals surface area contributed by atoms with Crippen molar-refractivity contribution in [3.8, 4) is 5.69 Å². The van der Waals surface area contributed by atoms with Crippen LogP contribution in [0.5, 0.6) is 0 Å². The number of sulfonamides is 1. The summed E-state index contributed by atoms with van der Waals surface area (Å²) in [6, 6.07) is 11.0. The van der Waals surface area contributed by atoms with Gasteiger partial charge in [-0.1, -0.05) is 23.7 Å². The maximum absolute atomic E-state index is 12.4. The Kier molecular flexibility index (Phi) is 5.49. The molecule has 0 radical (unpaired) electrons. The molecule has 0 bridgehead atoms. The van der Waals surface area contributed by atoms with E-state index in [4.69, 9.17) is 16.7 Å². The van der Waals surface area contributed by atoms with Gasteiger partial charge in [0.15, 0.2) is 0 Å². The number of tetrazole rings is 1. The van der Waals surface area contributed by atoms with Gasteiger partial charge in [0, 0.05) is 6.54 Å². The summed E-state index contributed by atoms with van der Waals surface area (Å²) in [5.74, 6) is -0.337. The van der Waals surface area contributed by atoms with E-state index in [1.807, 2.05) is 0 Å². The second-order valence-corrected chi connectivity index (χ2v) is 7.58. The van der Waals surface area contributed by atoms with Gasteiger partial charge in [0.05, 0.1) is 21.2 Å². The molecular formula is C16H15ClN6O3S. The van der Waals surface area contributed by atoms with Gasteiger partial charge in [-0.15, -0.1) is 5.10 Å². The highest BCUT2D eigenvalue weighted by atomic mass is 35.5. The minimum absolute atomic E-state index is 0.0430. The zero-order chi connectivity index (χ0) is 19.4. The van der Waals surface area contributed by atoms with E-state index in [2.05, 4.69) is 20.8 Å². The first-order chi connectivity index (χ1) is 12.8. The number of nitrogens with zero attached hydrogens (tertiary/aromatic N) is 4. The SMILES string of the molecule is NS(=O)(=O)c1ccc(CCNC(=O)c2cc(-n3cnnn3)ccc2Cl)cc1. The molecule has 0 aliphatic heterocycles. The standard InChI is InChI=1S/C16H15ClN6O3S/c17-15-6-3-12(23-10-20-21-22-23)9-14(15)16(24)19-8-7-11-1-4-13(5-2-11)27(18,25)26/h1-6,9-10H,7-8H2,(H,19,24)(H2,18,25,26). The van der Waals surface area contributed by atoms with Crippen LogP contribution in [-0.4, -0.2) is 41.1 Å². The molecular weight excluding hydrogens is 392 g/mol. The summed E-state index contributed by atoms with van der Waals surface area (Å²) in [5.41, 5.74) is 1.76. The average Bonchev–Trinajstić information content (AvgIpc) is 3.16. The summed E-state index contributed by atoms with van der Waals surface area (Å²) in [4.78, 5) is 12.5. The molecule has 0 saturated carbocycles. The van der Waals surface area contributed by atoms with Crippen molar-refractivity contribution < 1.29 is 13.2 Å². The van der Waals surface area contributed by atoms with E-state index in [1.54, 1.807) is 30.3 Å². The Labute approximate surface area is 160 Å². The van der Waals surface area contributed by atoms with Crippen LogP contribution in [0.2, 0.25) is 5.02 Å². The number of hydrogen-bond donors (Lipinski definition) is 2. The van der Waals surface area contributed by atoms with Gasteiger partial charge < -0.3 is 5.32 Å². The Morgan fingerprint density at radius 1 is 1.19 bits per heavy atom. The normalized spacial score (nSPS) is 11.3. The zero-order valence-electron chi connectivity index (χ0n) is 13.9. The van der Waals surface area contributed by atoms with Crippen LogP contribution in [0, 0.1) is 0 Å². The van der Waals surface area contributed by atoms with Gasteiger partial charge in [-0.2, -0.15) is 0 Å². The minimum atomic E-state index is -3.72. The lowest BCUT2D eigenvalue weighted by atomic mass is 10.1. The van der Waals surface area contributed by atoms with Crippen LogP contribution < -0.4 is 10.5 Å². The highest BCUT2D eigenvalue weighted by Crippen LogP contribution is 2.19. The minimum Gasteiger partial charge on any atom is -0.352 e. The monoisotopic (exact) mass is 406 g/mol. The second kappa shape index (κ2) is 7.82. The molecule has 140 valence electrons. The number of primary sulfonamides is 1. The van der Waals surface area contributed by atoms with Crippen molar-refractivity contribution in [3.05, 3.63) is 64.9 Å².